The number of benzene rings is 2. The van der Waals surface area contributed by atoms with Crippen LogP contribution >= 0.6 is 0 Å². The van der Waals surface area contributed by atoms with Crippen LogP contribution in [-0.4, -0.2) is 56.6 Å². The van der Waals surface area contributed by atoms with Crippen molar-refractivity contribution in [1.29, 1.82) is 0 Å². The molecule has 2 aromatic carbocycles. The molecule has 0 atom stereocenters. The third-order valence-electron chi connectivity index (χ3n) is 5.06. The van der Waals surface area contributed by atoms with Crippen LogP contribution < -0.4 is 20.0 Å². The fraction of sp³-hybridized carbons (Fsp3) is 0.364. The average molecular weight is 399 g/mol. The van der Waals surface area contributed by atoms with Gasteiger partial charge in [-0.25, -0.2) is 5.43 Å². The van der Waals surface area contributed by atoms with Crippen LogP contribution in [0.4, 0.5) is 0 Å². The molecule has 1 saturated heterocycles. The molecular weight excluding hydrogens is 368 g/mol. The highest BCUT2D eigenvalue weighted by atomic mass is 16.5. The maximum atomic E-state index is 12.2. The van der Waals surface area contributed by atoms with Crippen LogP contribution in [0.25, 0.3) is 0 Å². The van der Waals surface area contributed by atoms with Crippen molar-refractivity contribution < 1.29 is 24.4 Å². The van der Waals surface area contributed by atoms with Gasteiger partial charge < -0.3 is 19.6 Å². The average Bonchev–Trinajstić information content (AvgIpc) is 2.73. The zero-order valence-corrected chi connectivity index (χ0v) is 16.9. The Kier molecular flexibility index (Phi) is 7.61. The van der Waals surface area contributed by atoms with E-state index < -0.39 is 0 Å². The van der Waals surface area contributed by atoms with E-state index in [9.17, 15) is 9.90 Å². The first-order chi connectivity index (χ1) is 14.1. The number of phenols is 1. The molecule has 4 N–H and O–H groups in total. The summed E-state index contributed by atoms with van der Waals surface area (Å²) in [6.07, 6.45) is 1.55. The van der Waals surface area contributed by atoms with Crippen LogP contribution in [0.15, 0.2) is 53.6 Å². The number of carbonyl (C=O) groups excluding carboxylic acids is 1. The Balaban J connectivity index is 1.40. The molecule has 0 aliphatic carbocycles. The number of carbonyl (C=O) groups is 1. The molecule has 1 fully saturated rings. The van der Waals surface area contributed by atoms with Crippen LogP contribution in [0.3, 0.4) is 0 Å². The molecule has 1 heterocycles. The van der Waals surface area contributed by atoms with Gasteiger partial charge in [0.2, 0.25) is 0 Å². The Hall–Kier alpha value is -2.90. The SMILES string of the molecule is CCOc1cc(/C=N/NC(=O)C[NH+]2CC[NH+](Cc3ccccc3)CC2)ccc1O. The summed E-state index contributed by atoms with van der Waals surface area (Å²) >= 11 is 0. The largest absolute Gasteiger partial charge is 0.504 e. The van der Waals surface area contributed by atoms with Crippen molar-refractivity contribution in [3.05, 3.63) is 59.7 Å². The van der Waals surface area contributed by atoms with Gasteiger partial charge in [-0.3, -0.25) is 4.79 Å². The topological polar surface area (TPSA) is 79.8 Å². The smallest absolute Gasteiger partial charge is 0.295 e. The van der Waals surface area contributed by atoms with E-state index in [1.165, 1.54) is 10.5 Å². The predicted octanol–water partition coefficient (Wildman–Crippen LogP) is -0.775. The van der Waals surface area contributed by atoms with E-state index in [2.05, 4.69) is 34.8 Å². The van der Waals surface area contributed by atoms with Gasteiger partial charge in [-0.05, 0) is 30.7 Å². The van der Waals surface area contributed by atoms with Gasteiger partial charge in [-0.1, -0.05) is 30.3 Å². The molecule has 0 aromatic heterocycles. The summed E-state index contributed by atoms with van der Waals surface area (Å²) < 4.78 is 5.35. The summed E-state index contributed by atoms with van der Waals surface area (Å²) in [5.74, 6) is 0.403. The lowest BCUT2D eigenvalue weighted by Crippen LogP contribution is -3.28. The zero-order valence-electron chi connectivity index (χ0n) is 16.9. The van der Waals surface area contributed by atoms with Crippen molar-refractivity contribution in [3.63, 3.8) is 0 Å². The van der Waals surface area contributed by atoms with Crippen molar-refractivity contribution in [2.75, 3.05) is 39.3 Å². The molecule has 1 aliphatic heterocycles. The summed E-state index contributed by atoms with van der Waals surface area (Å²) in [6, 6.07) is 15.5. The van der Waals surface area contributed by atoms with E-state index in [0.717, 1.165) is 38.3 Å². The maximum absolute atomic E-state index is 12.2. The van der Waals surface area contributed by atoms with E-state index in [1.807, 2.05) is 13.0 Å². The Labute approximate surface area is 171 Å². The van der Waals surface area contributed by atoms with E-state index >= 15 is 0 Å². The number of hydrogen-bond donors (Lipinski definition) is 4. The molecule has 0 radical (unpaired) electrons. The molecule has 1 aliphatic rings. The van der Waals surface area contributed by atoms with E-state index in [-0.39, 0.29) is 11.7 Å². The van der Waals surface area contributed by atoms with Crippen molar-refractivity contribution >= 4 is 12.1 Å². The number of nitrogens with one attached hydrogen (secondary N) is 3. The van der Waals surface area contributed by atoms with Crippen molar-refractivity contribution in [3.8, 4) is 11.5 Å². The molecule has 7 nitrogen and oxygen atoms in total. The summed E-state index contributed by atoms with van der Waals surface area (Å²) in [5.41, 5.74) is 4.70. The fourth-order valence-corrected chi connectivity index (χ4v) is 3.52. The molecule has 0 saturated carbocycles. The molecule has 2 aromatic rings. The summed E-state index contributed by atoms with van der Waals surface area (Å²) in [7, 11) is 0. The number of hydrazone groups is 1. The number of amides is 1. The number of nitrogens with zero attached hydrogens (tertiary/aromatic N) is 1. The quantitative estimate of drug-likeness (QED) is 0.348. The van der Waals surface area contributed by atoms with Gasteiger partial charge in [0.05, 0.1) is 12.8 Å². The van der Waals surface area contributed by atoms with Crippen molar-refractivity contribution in [2.24, 2.45) is 5.10 Å². The molecule has 3 rings (SSSR count). The first kappa shape index (κ1) is 20.8. The second-order valence-corrected chi connectivity index (χ2v) is 7.29. The number of aromatic hydroxyl groups is 1. The molecule has 7 heteroatoms. The van der Waals surface area contributed by atoms with Crippen molar-refractivity contribution in [1.82, 2.24) is 5.43 Å². The van der Waals surface area contributed by atoms with Crippen LogP contribution in [0.1, 0.15) is 18.1 Å². The lowest BCUT2D eigenvalue weighted by atomic mass is 10.2. The first-order valence-corrected chi connectivity index (χ1v) is 10.1. The van der Waals surface area contributed by atoms with Gasteiger partial charge >= 0.3 is 0 Å². The van der Waals surface area contributed by atoms with Crippen LogP contribution in [-0.2, 0) is 11.3 Å². The second kappa shape index (κ2) is 10.6. The van der Waals surface area contributed by atoms with Gasteiger partial charge in [-0.2, -0.15) is 5.10 Å². The number of piperazine rings is 1. The lowest BCUT2D eigenvalue weighted by Gasteiger charge is -2.29. The summed E-state index contributed by atoms with van der Waals surface area (Å²) in [4.78, 5) is 15.0. The highest BCUT2D eigenvalue weighted by Gasteiger charge is 2.24. The highest BCUT2D eigenvalue weighted by molar-refractivity contribution is 5.83. The van der Waals surface area contributed by atoms with Crippen LogP contribution in [0, 0.1) is 0 Å². The number of rotatable bonds is 8. The van der Waals surface area contributed by atoms with Gasteiger partial charge in [-0.15, -0.1) is 0 Å². The van der Waals surface area contributed by atoms with Gasteiger partial charge in [0.15, 0.2) is 18.0 Å². The van der Waals surface area contributed by atoms with Gasteiger partial charge in [0.1, 0.15) is 32.7 Å². The Morgan fingerprint density at radius 2 is 1.86 bits per heavy atom. The van der Waals surface area contributed by atoms with Crippen LogP contribution in [0.2, 0.25) is 0 Å². The lowest BCUT2D eigenvalue weighted by molar-refractivity contribution is -1.02. The molecule has 29 heavy (non-hydrogen) atoms. The predicted molar refractivity (Wildman–Crippen MR) is 111 cm³/mol. The molecule has 0 unspecified atom stereocenters. The minimum absolute atomic E-state index is 0.0881. The highest BCUT2D eigenvalue weighted by Crippen LogP contribution is 2.26. The van der Waals surface area contributed by atoms with Crippen molar-refractivity contribution in [2.45, 2.75) is 13.5 Å². The van der Waals surface area contributed by atoms with E-state index in [1.54, 1.807) is 29.3 Å². The number of phenolic OH excluding ortho intramolecular Hbond substituents is 1. The van der Waals surface area contributed by atoms with Crippen LogP contribution in [0.5, 0.6) is 11.5 Å². The third-order valence-corrected chi connectivity index (χ3v) is 5.06. The molecular formula is C22H30N4O3+2. The van der Waals surface area contributed by atoms with E-state index in [4.69, 9.17) is 4.74 Å². The number of quaternary nitrogens is 2. The Bertz CT molecular complexity index is 818. The number of ether oxygens (including phenoxy) is 1. The minimum atomic E-state index is -0.0911. The first-order valence-electron chi connectivity index (χ1n) is 10.1. The van der Waals surface area contributed by atoms with Gasteiger partial charge in [0, 0.05) is 5.56 Å². The third kappa shape index (κ3) is 6.58. The molecule has 0 bridgehead atoms. The molecule has 0 spiro atoms. The monoisotopic (exact) mass is 398 g/mol. The zero-order chi connectivity index (χ0) is 20.5. The Morgan fingerprint density at radius 1 is 1.14 bits per heavy atom. The Morgan fingerprint density at radius 3 is 2.59 bits per heavy atom. The number of hydrogen-bond acceptors (Lipinski definition) is 4. The second-order valence-electron chi connectivity index (χ2n) is 7.29. The normalized spacial score (nSPS) is 19.2. The summed E-state index contributed by atoms with van der Waals surface area (Å²) in [5, 5.41) is 13.7. The maximum Gasteiger partial charge on any atom is 0.295 e. The molecule has 154 valence electrons. The summed E-state index contributed by atoms with van der Waals surface area (Å²) in [6.45, 7) is 7.88. The fourth-order valence-electron chi connectivity index (χ4n) is 3.52. The van der Waals surface area contributed by atoms with E-state index in [0.29, 0.717) is 18.9 Å². The van der Waals surface area contributed by atoms with Gasteiger partial charge in [0.25, 0.3) is 5.91 Å². The minimum Gasteiger partial charge on any atom is -0.504 e. The standard InChI is InChI=1S/C22H28N4O3/c1-2-29-21-14-19(8-9-20(21)27)15-23-24-22(28)17-26-12-10-25(11-13-26)16-18-6-4-3-5-7-18/h3-9,14-15,27H,2,10-13,16-17H2,1H3,(H,24,28)/p+2/b23-15+. The molecule has 1 amide bonds.